The van der Waals surface area contributed by atoms with Crippen LogP contribution in [0.3, 0.4) is 0 Å². The van der Waals surface area contributed by atoms with Crippen LogP contribution >= 0.6 is 0 Å². The fourth-order valence-corrected chi connectivity index (χ4v) is 1.36. The lowest BCUT2D eigenvalue weighted by molar-refractivity contribution is -0.125. The van der Waals surface area contributed by atoms with E-state index in [2.05, 4.69) is 12.2 Å². The molecule has 1 aliphatic rings. The summed E-state index contributed by atoms with van der Waals surface area (Å²) in [6, 6.07) is 0. The van der Waals surface area contributed by atoms with Crippen molar-refractivity contribution in [2.24, 2.45) is 5.41 Å². The van der Waals surface area contributed by atoms with E-state index in [0.29, 0.717) is 12.0 Å². The van der Waals surface area contributed by atoms with E-state index in [1.165, 1.54) is 19.3 Å². The van der Waals surface area contributed by atoms with Gasteiger partial charge in [-0.05, 0) is 31.6 Å². The van der Waals surface area contributed by atoms with Gasteiger partial charge < -0.3 is 10.1 Å². The SMILES string of the molecule is CCOCC(=O)NCC1(CC)CC1. The maximum Gasteiger partial charge on any atom is 0.246 e. The molecule has 0 atom stereocenters. The first-order chi connectivity index (χ1) is 6.22. The van der Waals surface area contributed by atoms with Crippen LogP contribution in [0.1, 0.15) is 33.1 Å². The number of hydrogen-bond acceptors (Lipinski definition) is 2. The van der Waals surface area contributed by atoms with Crippen LogP contribution in [0.2, 0.25) is 0 Å². The van der Waals surface area contributed by atoms with E-state index in [9.17, 15) is 4.79 Å². The minimum absolute atomic E-state index is 0.0153. The Morgan fingerprint density at radius 2 is 2.15 bits per heavy atom. The molecule has 0 aliphatic heterocycles. The number of carbonyl (C=O) groups is 1. The third-order valence-corrected chi connectivity index (χ3v) is 2.80. The number of rotatable bonds is 6. The van der Waals surface area contributed by atoms with Gasteiger partial charge in [0.15, 0.2) is 0 Å². The van der Waals surface area contributed by atoms with Crippen LogP contribution in [0, 0.1) is 5.41 Å². The Bertz CT molecular complexity index is 176. The molecular formula is C10H19NO2. The van der Waals surface area contributed by atoms with Crippen molar-refractivity contribution in [1.82, 2.24) is 5.32 Å². The van der Waals surface area contributed by atoms with Crippen molar-refractivity contribution in [3.8, 4) is 0 Å². The molecule has 0 aromatic carbocycles. The van der Waals surface area contributed by atoms with Gasteiger partial charge in [0, 0.05) is 13.2 Å². The highest BCUT2D eigenvalue weighted by atomic mass is 16.5. The Kier molecular flexibility index (Phi) is 3.72. The van der Waals surface area contributed by atoms with E-state index < -0.39 is 0 Å². The molecule has 0 aromatic heterocycles. The summed E-state index contributed by atoms with van der Waals surface area (Å²) in [6.45, 7) is 5.71. The van der Waals surface area contributed by atoms with Crippen molar-refractivity contribution in [3.05, 3.63) is 0 Å². The molecule has 0 aromatic rings. The molecule has 1 aliphatic carbocycles. The predicted octanol–water partition coefficient (Wildman–Crippen LogP) is 1.33. The molecule has 1 saturated carbocycles. The predicted molar refractivity (Wildman–Crippen MR) is 51.5 cm³/mol. The highest BCUT2D eigenvalue weighted by molar-refractivity contribution is 5.77. The zero-order chi connectivity index (χ0) is 9.73. The number of nitrogens with one attached hydrogen (secondary N) is 1. The minimum atomic E-state index is 0.0153. The second-order valence-electron chi connectivity index (χ2n) is 3.77. The first kappa shape index (κ1) is 10.5. The molecule has 76 valence electrons. The maximum absolute atomic E-state index is 11.2. The van der Waals surface area contributed by atoms with Crippen LogP contribution in [-0.4, -0.2) is 25.7 Å². The fourth-order valence-electron chi connectivity index (χ4n) is 1.36. The molecule has 1 rings (SSSR count). The molecule has 0 spiro atoms. The highest BCUT2D eigenvalue weighted by Crippen LogP contribution is 2.47. The second kappa shape index (κ2) is 4.61. The molecule has 1 fully saturated rings. The van der Waals surface area contributed by atoms with Crippen LogP contribution in [0.4, 0.5) is 0 Å². The summed E-state index contributed by atoms with van der Waals surface area (Å²) in [5, 5.41) is 2.91. The maximum atomic E-state index is 11.2. The van der Waals surface area contributed by atoms with Crippen molar-refractivity contribution in [1.29, 1.82) is 0 Å². The normalized spacial score (nSPS) is 18.3. The standard InChI is InChI=1S/C10H19NO2/c1-3-10(5-6-10)8-11-9(12)7-13-4-2/h3-8H2,1-2H3,(H,11,12). The van der Waals surface area contributed by atoms with Gasteiger partial charge in [0.2, 0.25) is 5.91 Å². The van der Waals surface area contributed by atoms with Gasteiger partial charge in [0.1, 0.15) is 6.61 Å². The minimum Gasteiger partial charge on any atom is -0.372 e. The fraction of sp³-hybridized carbons (Fsp3) is 0.900. The summed E-state index contributed by atoms with van der Waals surface area (Å²) in [6.07, 6.45) is 3.69. The average Bonchev–Trinajstić information content (AvgIpc) is 2.92. The van der Waals surface area contributed by atoms with Gasteiger partial charge in [-0.15, -0.1) is 0 Å². The molecule has 0 radical (unpaired) electrons. The van der Waals surface area contributed by atoms with Crippen LogP contribution in [0.25, 0.3) is 0 Å². The summed E-state index contributed by atoms with van der Waals surface area (Å²) in [5.41, 5.74) is 0.432. The van der Waals surface area contributed by atoms with Crippen molar-refractivity contribution in [2.45, 2.75) is 33.1 Å². The Balaban J connectivity index is 2.08. The zero-order valence-corrected chi connectivity index (χ0v) is 8.56. The van der Waals surface area contributed by atoms with Crippen molar-refractivity contribution >= 4 is 5.91 Å². The van der Waals surface area contributed by atoms with Crippen molar-refractivity contribution < 1.29 is 9.53 Å². The number of amides is 1. The van der Waals surface area contributed by atoms with Crippen molar-refractivity contribution in [3.63, 3.8) is 0 Å². The van der Waals surface area contributed by atoms with Gasteiger partial charge >= 0.3 is 0 Å². The summed E-state index contributed by atoms with van der Waals surface area (Å²) >= 11 is 0. The van der Waals surface area contributed by atoms with Gasteiger partial charge in [0.25, 0.3) is 0 Å². The number of ether oxygens (including phenoxy) is 1. The van der Waals surface area contributed by atoms with Crippen LogP contribution in [0.15, 0.2) is 0 Å². The molecule has 0 saturated heterocycles. The van der Waals surface area contributed by atoms with E-state index in [1.807, 2.05) is 6.92 Å². The Hall–Kier alpha value is -0.570. The Labute approximate surface area is 79.8 Å². The molecular weight excluding hydrogens is 166 g/mol. The summed E-state index contributed by atoms with van der Waals surface area (Å²) in [5.74, 6) is 0.0153. The average molecular weight is 185 g/mol. The molecule has 0 bridgehead atoms. The van der Waals surface area contributed by atoms with Gasteiger partial charge in [-0.25, -0.2) is 0 Å². The van der Waals surface area contributed by atoms with Crippen LogP contribution in [0.5, 0.6) is 0 Å². The number of carbonyl (C=O) groups excluding carboxylic acids is 1. The summed E-state index contributed by atoms with van der Waals surface area (Å²) in [7, 11) is 0. The van der Waals surface area contributed by atoms with E-state index in [1.54, 1.807) is 0 Å². The quantitative estimate of drug-likeness (QED) is 0.678. The highest BCUT2D eigenvalue weighted by Gasteiger charge is 2.40. The van der Waals surface area contributed by atoms with Crippen molar-refractivity contribution in [2.75, 3.05) is 19.8 Å². The first-order valence-corrected chi connectivity index (χ1v) is 5.07. The molecule has 1 N–H and O–H groups in total. The van der Waals surface area contributed by atoms with Crippen LogP contribution < -0.4 is 5.32 Å². The van der Waals surface area contributed by atoms with E-state index in [4.69, 9.17) is 4.74 Å². The molecule has 13 heavy (non-hydrogen) atoms. The van der Waals surface area contributed by atoms with Crippen LogP contribution in [-0.2, 0) is 9.53 Å². The lowest BCUT2D eigenvalue weighted by atomic mass is 10.0. The second-order valence-corrected chi connectivity index (χ2v) is 3.77. The lowest BCUT2D eigenvalue weighted by Crippen LogP contribution is -2.32. The largest absolute Gasteiger partial charge is 0.372 e. The Morgan fingerprint density at radius 1 is 1.46 bits per heavy atom. The molecule has 3 nitrogen and oxygen atoms in total. The molecule has 0 unspecified atom stereocenters. The third-order valence-electron chi connectivity index (χ3n) is 2.80. The summed E-state index contributed by atoms with van der Waals surface area (Å²) in [4.78, 5) is 11.2. The third kappa shape index (κ3) is 3.35. The lowest BCUT2D eigenvalue weighted by Gasteiger charge is -2.12. The smallest absolute Gasteiger partial charge is 0.246 e. The van der Waals surface area contributed by atoms with Gasteiger partial charge in [-0.1, -0.05) is 6.92 Å². The first-order valence-electron chi connectivity index (χ1n) is 5.07. The summed E-state index contributed by atoms with van der Waals surface area (Å²) < 4.78 is 5.00. The molecule has 1 amide bonds. The molecule has 0 heterocycles. The topological polar surface area (TPSA) is 38.3 Å². The van der Waals surface area contributed by atoms with Gasteiger partial charge in [0.05, 0.1) is 0 Å². The van der Waals surface area contributed by atoms with Gasteiger partial charge in [-0.3, -0.25) is 4.79 Å². The van der Waals surface area contributed by atoms with E-state index in [-0.39, 0.29) is 12.5 Å². The number of hydrogen-bond donors (Lipinski definition) is 1. The Morgan fingerprint density at radius 3 is 2.62 bits per heavy atom. The molecule has 3 heteroatoms. The zero-order valence-electron chi connectivity index (χ0n) is 8.56. The monoisotopic (exact) mass is 185 g/mol. The van der Waals surface area contributed by atoms with E-state index in [0.717, 1.165) is 6.54 Å². The van der Waals surface area contributed by atoms with E-state index >= 15 is 0 Å². The van der Waals surface area contributed by atoms with Gasteiger partial charge in [-0.2, -0.15) is 0 Å².